The topological polar surface area (TPSA) is 79.4 Å². The second-order valence-electron chi connectivity index (χ2n) is 7.67. The van der Waals surface area contributed by atoms with E-state index in [4.69, 9.17) is 0 Å². The highest BCUT2D eigenvalue weighted by Gasteiger charge is 2.34. The molecule has 32 heavy (non-hydrogen) atoms. The van der Waals surface area contributed by atoms with E-state index in [2.05, 4.69) is 10.3 Å². The molecule has 1 aliphatic rings. The average Bonchev–Trinajstić information content (AvgIpc) is 2.84. The monoisotopic (exact) mass is 447 g/mol. The van der Waals surface area contributed by atoms with E-state index in [-0.39, 0.29) is 16.8 Å². The van der Waals surface area contributed by atoms with Gasteiger partial charge in [-0.2, -0.15) is 4.31 Å². The Morgan fingerprint density at radius 3 is 2.50 bits per heavy atom. The molecule has 0 bridgehead atoms. The number of carbonyl (C=O) groups is 1. The van der Waals surface area contributed by atoms with E-state index >= 15 is 0 Å². The van der Waals surface area contributed by atoms with E-state index in [9.17, 15) is 13.2 Å². The van der Waals surface area contributed by atoms with Crippen molar-refractivity contribution in [3.63, 3.8) is 0 Å². The van der Waals surface area contributed by atoms with Gasteiger partial charge in [-0.05, 0) is 60.4 Å². The lowest BCUT2D eigenvalue weighted by molar-refractivity contribution is -0.111. The van der Waals surface area contributed by atoms with Gasteiger partial charge in [-0.3, -0.25) is 9.78 Å². The van der Waals surface area contributed by atoms with Crippen molar-refractivity contribution in [3.8, 4) is 0 Å². The van der Waals surface area contributed by atoms with E-state index < -0.39 is 10.0 Å². The standard InChI is InChI=1S/C25H25N3O3S/c29-25(16-11-20-7-2-1-3-8-20)27-22-12-14-23(15-13-22)32(30,31)28-18-5-4-10-24(28)21-9-6-17-26-19-21/h1-3,6-9,11-17,19,24H,4-5,10,18H2,(H,27,29)/b16-11+/t24-/m0/s1. The zero-order valence-corrected chi connectivity index (χ0v) is 18.4. The molecule has 1 aliphatic heterocycles. The molecule has 1 amide bonds. The number of anilines is 1. The number of benzene rings is 2. The molecule has 1 aromatic heterocycles. The molecule has 0 unspecified atom stereocenters. The molecule has 2 aromatic carbocycles. The van der Waals surface area contributed by atoms with Crippen molar-refractivity contribution in [2.75, 3.05) is 11.9 Å². The van der Waals surface area contributed by atoms with Crippen LogP contribution < -0.4 is 5.32 Å². The number of rotatable bonds is 6. The minimum Gasteiger partial charge on any atom is -0.323 e. The second-order valence-corrected chi connectivity index (χ2v) is 9.56. The van der Waals surface area contributed by atoms with Gasteiger partial charge in [0.15, 0.2) is 0 Å². The van der Waals surface area contributed by atoms with Crippen LogP contribution in [0.3, 0.4) is 0 Å². The minimum atomic E-state index is -3.67. The fourth-order valence-electron chi connectivity index (χ4n) is 3.86. The van der Waals surface area contributed by atoms with Gasteiger partial charge in [0.1, 0.15) is 0 Å². The predicted octanol–water partition coefficient (Wildman–Crippen LogP) is 4.65. The first-order valence-electron chi connectivity index (χ1n) is 10.6. The molecule has 1 saturated heterocycles. The lowest BCUT2D eigenvalue weighted by Crippen LogP contribution is -2.38. The molecule has 2 heterocycles. The highest BCUT2D eigenvalue weighted by molar-refractivity contribution is 7.89. The zero-order chi connectivity index (χ0) is 22.4. The van der Waals surface area contributed by atoms with E-state index in [1.165, 1.54) is 6.08 Å². The highest BCUT2D eigenvalue weighted by atomic mass is 32.2. The van der Waals surface area contributed by atoms with Crippen molar-refractivity contribution in [2.45, 2.75) is 30.2 Å². The fraction of sp³-hybridized carbons (Fsp3) is 0.200. The molecule has 164 valence electrons. The van der Waals surface area contributed by atoms with Gasteiger partial charge in [-0.25, -0.2) is 8.42 Å². The van der Waals surface area contributed by atoms with Crippen molar-refractivity contribution < 1.29 is 13.2 Å². The number of piperidine rings is 1. The van der Waals surface area contributed by atoms with E-state index in [1.54, 1.807) is 47.0 Å². The SMILES string of the molecule is O=C(/C=C/c1ccccc1)Nc1ccc(S(=O)(=O)N2CCCC[C@H]2c2cccnc2)cc1. The Kier molecular flexibility index (Phi) is 6.78. The molecule has 1 N–H and O–H groups in total. The molecule has 3 aromatic rings. The first-order chi connectivity index (χ1) is 15.5. The lowest BCUT2D eigenvalue weighted by Gasteiger charge is -2.34. The summed E-state index contributed by atoms with van der Waals surface area (Å²) in [6.45, 7) is 0.477. The third-order valence-electron chi connectivity index (χ3n) is 5.48. The van der Waals surface area contributed by atoms with Crippen LogP contribution in [-0.2, 0) is 14.8 Å². The Morgan fingerprint density at radius 2 is 1.78 bits per heavy atom. The number of amides is 1. The van der Waals surface area contributed by atoms with Gasteiger partial charge in [0.2, 0.25) is 15.9 Å². The lowest BCUT2D eigenvalue weighted by atomic mass is 9.99. The number of carbonyl (C=O) groups excluding carboxylic acids is 1. The largest absolute Gasteiger partial charge is 0.323 e. The minimum absolute atomic E-state index is 0.214. The van der Waals surface area contributed by atoms with Crippen molar-refractivity contribution >= 4 is 27.7 Å². The van der Waals surface area contributed by atoms with Crippen LogP contribution in [0.1, 0.15) is 36.4 Å². The molecule has 6 nitrogen and oxygen atoms in total. The van der Waals surface area contributed by atoms with E-state index in [0.717, 1.165) is 30.4 Å². The Bertz CT molecular complexity index is 1180. The summed E-state index contributed by atoms with van der Waals surface area (Å²) in [7, 11) is -3.67. The van der Waals surface area contributed by atoms with E-state index in [0.29, 0.717) is 12.2 Å². The summed E-state index contributed by atoms with van der Waals surface area (Å²) >= 11 is 0. The Morgan fingerprint density at radius 1 is 1.00 bits per heavy atom. The van der Waals surface area contributed by atoms with E-state index in [1.807, 2.05) is 42.5 Å². The molecule has 0 spiro atoms. The van der Waals surface area contributed by atoms with Gasteiger partial charge in [-0.1, -0.05) is 42.8 Å². The normalized spacial score (nSPS) is 17.3. The number of hydrogen-bond acceptors (Lipinski definition) is 4. The first kappa shape index (κ1) is 21.9. The van der Waals surface area contributed by atoms with Crippen LogP contribution in [-0.4, -0.2) is 30.2 Å². The summed E-state index contributed by atoms with van der Waals surface area (Å²) in [6, 6.07) is 19.4. The molecular weight excluding hydrogens is 422 g/mol. The third-order valence-corrected chi connectivity index (χ3v) is 7.40. The second kappa shape index (κ2) is 9.89. The Balaban J connectivity index is 1.47. The zero-order valence-electron chi connectivity index (χ0n) is 17.6. The quantitative estimate of drug-likeness (QED) is 0.558. The molecule has 0 radical (unpaired) electrons. The number of hydrogen-bond donors (Lipinski definition) is 1. The molecule has 1 atom stereocenters. The van der Waals surface area contributed by atoms with Crippen molar-refractivity contribution in [1.82, 2.24) is 9.29 Å². The Labute approximate surface area is 188 Å². The molecule has 0 aliphatic carbocycles. The van der Waals surface area contributed by atoms with Crippen LogP contribution in [0.4, 0.5) is 5.69 Å². The summed E-state index contributed by atoms with van der Waals surface area (Å²) < 4.78 is 28.3. The highest BCUT2D eigenvalue weighted by Crippen LogP contribution is 2.35. The van der Waals surface area contributed by atoms with Crippen LogP contribution in [0.2, 0.25) is 0 Å². The summed E-state index contributed by atoms with van der Waals surface area (Å²) in [5.41, 5.74) is 2.37. The smallest absolute Gasteiger partial charge is 0.248 e. The van der Waals surface area contributed by atoms with Gasteiger partial charge >= 0.3 is 0 Å². The summed E-state index contributed by atoms with van der Waals surface area (Å²) in [6.07, 6.45) is 9.18. The van der Waals surface area contributed by atoms with Gasteiger partial charge in [0, 0.05) is 30.7 Å². The molecule has 7 heteroatoms. The fourth-order valence-corrected chi connectivity index (χ4v) is 5.55. The van der Waals surface area contributed by atoms with Crippen LogP contribution in [0.25, 0.3) is 6.08 Å². The van der Waals surface area contributed by atoms with Gasteiger partial charge in [0.05, 0.1) is 10.9 Å². The van der Waals surface area contributed by atoms with Gasteiger partial charge in [0.25, 0.3) is 0 Å². The maximum Gasteiger partial charge on any atom is 0.248 e. The van der Waals surface area contributed by atoms with Crippen LogP contribution in [0.5, 0.6) is 0 Å². The third kappa shape index (κ3) is 5.12. The average molecular weight is 448 g/mol. The van der Waals surface area contributed by atoms with Crippen LogP contribution >= 0.6 is 0 Å². The van der Waals surface area contributed by atoms with Crippen LogP contribution in [0.15, 0.2) is 90.1 Å². The van der Waals surface area contributed by atoms with Gasteiger partial charge in [-0.15, -0.1) is 0 Å². The summed E-state index contributed by atoms with van der Waals surface area (Å²) in [4.78, 5) is 16.6. The first-order valence-corrected chi connectivity index (χ1v) is 12.0. The van der Waals surface area contributed by atoms with Crippen molar-refractivity contribution in [1.29, 1.82) is 0 Å². The number of nitrogens with zero attached hydrogens (tertiary/aromatic N) is 2. The maximum absolute atomic E-state index is 13.4. The number of pyridine rings is 1. The predicted molar refractivity (Wildman–Crippen MR) is 125 cm³/mol. The number of sulfonamides is 1. The summed E-state index contributed by atoms with van der Waals surface area (Å²) in [5.74, 6) is -0.280. The Hall–Kier alpha value is -3.29. The van der Waals surface area contributed by atoms with Crippen molar-refractivity contribution in [2.24, 2.45) is 0 Å². The number of nitrogens with one attached hydrogen (secondary N) is 1. The molecular formula is C25H25N3O3S. The van der Waals surface area contributed by atoms with Crippen LogP contribution in [0, 0.1) is 0 Å². The maximum atomic E-state index is 13.4. The molecule has 0 saturated carbocycles. The van der Waals surface area contributed by atoms with Crippen molar-refractivity contribution in [3.05, 3.63) is 96.3 Å². The number of aromatic nitrogens is 1. The molecule has 4 rings (SSSR count). The summed E-state index contributed by atoms with van der Waals surface area (Å²) in [5, 5.41) is 2.76. The molecule has 1 fully saturated rings. The van der Waals surface area contributed by atoms with Gasteiger partial charge < -0.3 is 5.32 Å².